The van der Waals surface area contributed by atoms with Crippen LogP contribution in [0.25, 0.3) is 0 Å². The van der Waals surface area contributed by atoms with Crippen molar-refractivity contribution in [3.63, 3.8) is 0 Å². The second-order valence-corrected chi connectivity index (χ2v) is 3.24. The molecule has 0 saturated heterocycles. The first-order chi connectivity index (χ1) is 5.15. The number of nitrogens with zero attached hydrogens (tertiary/aromatic N) is 2. The molecule has 64 valence electrons. The van der Waals surface area contributed by atoms with E-state index in [2.05, 4.69) is 15.9 Å². The van der Waals surface area contributed by atoms with Gasteiger partial charge in [-0.1, -0.05) is 15.9 Å². The third-order valence-electron chi connectivity index (χ3n) is 1.55. The fraction of sp³-hybridized carbons (Fsp3) is 0.667. The summed E-state index contributed by atoms with van der Waals surface area (Å²) in [4.78, 5) is 1.33. The van der Waals surface area contributed by atoms with E-state index in [1.807, 2.05) is 6.92 Å². The largest absolute Gasteiger partial charge is 0.508 e. The molecule has 2 N–H and O–H groups in total. The van der Waals surface area contributed by atoms with Gasteiger partial charge in [-0.3, -0.25) is 0 Å². The molecule has 0 radical (unpaired) electrons. The van der Waals surface area contributed by atoms with Crippen molar-refractivity contribution in [2.75, 3.05) is 13.2 Å². The summed E-state index contributed by atoms with van der Waals surface area (Å²) in [5, 5.41) is 19.4. The van der Waals surface area contributed by atoms with E-state index in [1.165, 1.54) is 0 Å². The van der Waals surface area contributed by atoms with Gasteiger partial charge in [-0.15, -0.1) is 0 Å². The highest BCUT2D eigenvalue weighted by molar-refractivity contribution is 9.09. The molecule has 1 atom stereocenters. The van der Waals surface area contributed by atoms with E-state index in [1.54, 1.807) is 11.1 Å². The first-order valence-electron chi connectivity index (χ1n) is 3.39. The summed E-state index contributed by atoms with van der Waals surface area (Å²) in [7, 11) is 0. The van der Waals surface area contributed by atoms with Crippen LogP contribution in [0.15, 0.2) is 12.0 Å². The van der Waals surface area contributed by atoms with Gasteiger partial charge in [0.1, 0.15) is 10.7 Å². The molecule has 4 nitrogen and oxygen atoms in total. The Morgan fingerprint density at radius 1 is 1.82 bits per heavy atom. The Labute approximate surface area is 73.8 Å². The van der Waals surface area contributed by atoms with Gasteiger partial charge >= 0.3 is 0 Å². The van der Waals surface area contributed by atoms with E-state index in [-0.39, 0.29) is 5.76 Å². The Kier molecular flexibility index (Phi) is 2.75. The van der Waals surface area contributed by atoms with Gasteiger partial charge in [-0.2, -0.15) is 5.06 Å². The van der Waals surface area contributed by atoms with Crippen LogP contribution in [0.3, 0.4) is 0 Å². The molecule has 1 heterocycles. The van der Waals surface area contributed by atoms with Crippen molar-refractivity contribution in [2.24, 2.45) is 0 Å². The summed E-state index contributed by atoms with van der Waals surface area (Å²) in [6.07, 6.45) is 1.62. The molecular formula is C6H11BrN2O2. The molecule has 0 aromatic rings. The lowest BCUT2D eigenvalue weighted by atomic mass is 10.4. The number of hydrogen-bond donors (Lipinski definition) is 2. The standard InChI is InChI=1S/C6H11BrN2O2/c1-2-8-3-5(10)6(7)9(11)4-8/h3,6,10-11H,2,4H2,1H3. The molecule has 0 aromatic carbocycles. The van der Waals surface area contributed by atoms with Crippen LogP contribution in [0, 0.1) is 0 Å². The van der Waals surface area contributed by atoms with Gasteiger partial charge in [0.15, 0.2) is 0 Å². The van der Waals surface area contributed by atoms with Crippen LogP contribution in [0.2, 0.25) is 0 Å². The lowest BCUT2D eigenvalue weighted by Gasteiger charge is -2.32. The zero-order valence-corrected chi connectivity index (χ0v) is 7.82. The number of aliphatic hydroxyl groups excluding tert-OH is 1. The SMILES string of the molecule is CCN1C=C(O)C(Br)N(O)C1. The highest BCUT2D eigenvalue weighted by Gasteiger charge is 2.23. The zero-order valence-electron chi connectivity index (χ0n) is 6.24. The second kappa shape index (κ2) is 3.42. The Balaban J connectivity index is 2.68. The first-order valence-corrected chi connectivity index (χ1v) is 4.31. The molecule has 0 spiro atoms. The summed E-state index contributed by atoms with van der Waals surface area (Å²) in [5.41, 5.74) is 0. The summed E-state index contributed by atoms with van der Waals surface area (Å²) in [6.45, 7) is 3.13. The van der Waals surface area contributed by atoms with Crippen LogP contribution in [-0.4, -0.2) is 38.4 Å². The van der Waals surface area contributed by atoms with Crippen LogP contribution >= 0.6 is 15.9 Å². The van der Waals surface area contributed by atoms with Crippen LogP contribution in [-0.2, 0) is 0 Å². The van der Waals surface area contributed by atoms with Gasteiger partial charge in [0, 0.05) is 12.7 Å². The highest BCUT2D eigenvalue weighted by atomic mass is 79.9. The van der Waals surface area contributed by atoms with Gasteiger partial charge in [0.25, 0.3) is 0 Å². The minimum atomic E-state index is -0.467. The maximum atomic E-state index is 9.22. The van der Waals surface area contributed by atoms with Gasteiger partial charge in [-0.25, -0.2) is 0 Å². The minimum absolute atomic E-state index is 0.126. The van der Waals surface area contributed by atoms with Crippen molar-refractivity contribution >= 4 is 15.9 Å². The molecule has 1 unspecified atom stereocenters. The molecule has 0 amide bonds. The topological polar surface area (TPSA) is 46.9 Å². The normalized spacial score (nSPS) is 27.0. The van der Waals surface area contributed by atoms with Crippen molar-refractivity contribution in [1.29, 1.82) is 0 Å². The number of rotatable bonds is 1. The Morgan fingerprint density at radius 2 is 2.45 bits per heavy atom. The highest BCUT2D eigenvalue weighted by Crippen LogP contribution is 2.18. The summed E-state index contributed by atoms with van der Waals surface area (Å²) < 4.78 is 0. The summed E-state index contributed by atoms with van der Waals surface area (Å²) >= 11 is 3.11. The molecule has 0 fully saturated rings. The Bertz CT molecular complexity index is 174. The maximum Gasteiger partial charge on any atom is 0.150 e. The minimum Gasteiger partial charge on any atom is -0.508 e. The van der Waals surface area contributed by atoms with Gasteiger partial charge in [-0.05, 0) is 6.92 Å². The molecule has 0 aliphatic carbocycles. The monoisotopic (exact) mass is 222 g/mol. The summed E-state index contributed by atoms with van der Waals surface area (Å²) in [6, 6.07) is 0. The predicted octanol–water partition coefficient (Wildman–Crippen LogP) is 1.09. The van der Waals surface area contributed by atoms with E-state index >= 15 is 0 Å². The second-order valence-electron chi connectivity index (χ2n) is 2.38. The van der Waals surface area contributed by atoms with Crippen molar-refractivity contribution < 1.29 is 10.3 Å². The fourth-order valence-corrected chi connectivity index (χ4v) is 1.14. The van der Waals surface area contributed by atoms with Crippen LogP contribution < -0.4 is 0 Å². The molecular weight excluding hydrogens is 212 g/mol. The molecule has 0 saturated carbocycles. The van der Waals surface area contributed by atoms with Crippen LogP contribution in [0.4, 0.5) is 0 Å². The number of hydroxylamine groups is 2. The zero-order chi connectivity index (χ0) is 8.43. The molecule has 1 aliphatic heterocycles. The third-order valence-corrected chi connectivity index (χ3v) is 2.50. The average Bonchev–Trinajstić information content (AvgIpc) is 1.99. The number of hydrogen-bond acceptors (Lipinski definition) is 4. The van der Waals surface area contributed by atoms with Gasteiger partial charge < -0.3 is 15.2 Å². The average molecular weight is 223 g/mol. The lowest BCUT2D eigenvalue weighted by Crippen LogP contribution is -2.42. The van der Waals surface area contributed by atoms with Crippen molar-refractivity contribution in [3.8, 4) is 0 Å². The van der Waals surface area contributed by atoms with E-state index in [9.17, 15) is 10.3 Å². The van der Waals surface area contributed by atoms with Gasteiger partial charge in [0.05, 0.1) is 6.67 Å². The molecule has 1 aliphatic rings. The van der Waals surface area contributed by atoms with E-state index in [4.69, 9.17) is 0 Å². The van der Waals surface area contributed by atoms with Crippen molar-refractivity contribution in [1.82, 2.24) is 9.96 Å². The Hall–Kier alpha value is -0.260. The van der Waals surface area contributed by atoms with Crippen molar-refractivity contribution in [2.45, 2.75) is 11.9 Å². The third kappa shape index (κ3) is 1.85. The quantitative estimate of drug-likeness (QED) is 0.516. The van der Waals surface area contributed by atoms with E-state index in [0.29, 0.717) is 6.67 Å². The van der Waals surface area contributed by atoms with Crippen LogP contribution in [0.1, 0.15) is 6.92 Å². The summed E-state index contributed by atoms with van der Waals surface area (Å²) in [5.74, 6) is 0.126. The molecule has 5 heteroatoms. The predicted molar refractivity (Wildman–Crippen MR) is 44.3 cm³/mol. The van der Waals surface area contributed by atoms with Crippen LogP contribution in [0.5, 0.6) is 0 Å². The fourth-order valence-electron chi connectivity index (χ4n) is 0.891. The first kappa shape index (κ1) is 8.83. The Morgan fingerprint density at radius 3 is 2.91 bits per heavy atom. The lowest BCUT2D eigenvalue weighted by molar-refractivity contribution is -0.132. The number of aliphatic hydroxyl groups is 1. The molecule has 1 rings (SSSR count). The maximum absolute atomic E-state index is 9.22. The van der Waals surface area contributed by atoms with E-state index < -0.39 is 4.95 Å². The number of alkyl halides is 1. The molecule has 0 bridgehead atoms. The van der Waals surface area contributed by atoms with Crippen molar-refractivity contribution in [3.05, 3.63) is 12.0 Å². The van der Waals surface area contributed by atoms with E-state index in [0.717, 1.165) is 11.6 Å². The van der Waals surface area contributed by atoms with Gasteiger partial charge in [0.2, 0.25) is 0 Å². The smallest absolute Gasteiger partial charge is 0.150 e. The number of halogens is 1. The molecule has 11 heavy (non-hydrogen) atoms. The molecule has 0 aromatic heterocycles.